The molecule has 0 aromatic carbocycles. The van der Waals surface area contributed by atoms with E-state index >= 15 is 0 Å². The number of methoxy groups -OCH3 is 1. The van der Waals surface area contributed by atoms with Gasteiger partial charge < -0.3 is 10.5 Å². The first-order valence-corrected chi connectivity index (χ1v) is 6.16. The molecule has 3 nitrogen and oxygen atoms in total. The van der Waals surface area contributed by atoms with E-state index in [1.807, 2.05) is 0 Å². The maximum absolute atomic E-state index is 5.52. The van der Waals surface area contributed by atoms with E-state index in [9.17, 15) is 0 Å². The van der Waals surface area contributed by atoms with Crippen molar-refractivity contribution in [3.8, 4) is 0 Å². The SMILES string of the molecule is COCCCCN(CCC(N)=S)C1CC1. The molecule has 4 heteroatoms. The zero-order valence-electron chi connectivity index (χ0n) is 9.58. The molecule has 15 heavy (non-hydrogen) atoms. The summed E-state index contributed by atoms with van der Waals surface area (Å²) in [6.07, 6.45) is 5.91. The van der Waals surface area contributed by atoms with Crippen molar-refractivity contribution in [2.75, 3.05) is 26.8 Å². The number of ether oxygens (including phenoxy) is 1. The van der Waals surface area contributed by atoms with Crippen LogP contribution in [0.5, 0.6) is 0 Å². The molecule has 1 saturated carbocycles. The predicted molar refractivity (Wildman–Crippen MR) is 67.1 cm³/mol. The van der Waals surface area contributed by atoms with E-state index in [2.05, 4.69) is 4.90 Å². The Morgan fingerprint density at radius 2 is 2.13 bits per heavy atom. The van der Waals surface area contributed by atoms with Gasteiger partial charge >= 0.3 is 0 Å². The molecule has 0 aromatic heterocycles. The van der Waals surface area contributed by atoms with Crippen LogP contribution in [0.15, 0.2) is 0 Å². The van der Waals surface area contributed by atoms with E-state index in [0.717, 1.165) is 38.6 Å². The molecular formula is C11H22N2OS. The van der Waals surface area contributed by atoms with E-state index < -0.39 is 0 Å². The minimum Gasteiger partial charge on any atom is -0.393 e. The Hall–Kier alpha value is -0.190. The molecule has 2 N–H and O–H groups in total. The van der Waals surface area contributed by atoms with Gasteiger partial charge in [-0.25, -0.2) is 0 Å². The minimum absolute atomic E-state index is 0.637. The Labute approximate surface area is 98.0 Å². The largest absolute Gasteiger partial charge is 0.393 e. The van der Waals surface area contributed by atoms with Crippen molar-refractivity contribution in [2.45, 2.75) is 38.1 Å². The van der Waals surface area contributed by atoms with Crippen LogP contribution in [0.3, 0.4) is 0 Å². The average molecular weight is 230 g/mol. The van der Waals surface area contributed by atoms with Gasteiger partial charge in [-0.1, -0.05) is 12.2 Å². The van der Waals surface area contributed by atoms with Crippen LogP contribution in [0, 0.1) is 0 Å². The number of unbranched alkanes of at least 4 members (excludes halogenated alkanes) is 1. The van der Waals surface area contributed by atoms with Crippen molar-refractivity contribution in [1.82, 2.24) is 4.90 Å². The summed E-state index contributed by atoms with van der Waals surface area (Å²) in [6, 6.07) is 0.807. The maximum atomic E-state index is 5.52. The molecule has 0 saturated heterocycles. The second-order valence-electron chi connectivity index (χ2n) is 4.18. The highest BCUT2D eigenvalue weighted by Gasteiger charge is 2.27. The molecule has 1 fully saturated rings. The van der Waals surface area contributed by atoms with Crippen molar-refractivity contribution < 1.29 is 4.74 Å². The number of hydrogen-bond donors (Lipinski definition) is 1. The molecule has 1 aliphatic carbocycles. The molecule has 1 rings (SSSR count). The van der Waals surface area contributed by atoms with Gasteiger partial charge in [0.25, 0.3) is 0 Å². The highest BCUT2D eigenvalue weighted by molar-refractivity contribution is 7.80. The highest BCUT2D eigenvalue weighted by atomic mass is 32.1. The minimum atomic E-state index is 0.637. The lowest BCUT2D eigenvalue weighted by Crippen LogP contribution is -2.30. The smallest absolute Gasteiger partial charge is 0.0740 e. The Balaban J connectivity index is 2.10. The third kappa shape index (κ3) is 6.07. The molecule has 0 unspecified atom stereocenters. The molecule has 1 aliphatic rings. The number of nitrogens with zero attached hydrogens (tertiary/aromatic N) is 1. The zero-order valence-corrected chi connectivity index (χ0v) is 10.4. The van der Waals surface area contributed by atoms with Crippen LogP contribution in [-0.2, 0) is 4.74 Å². The third-order valence-electron chi connectivity index (χ3n) is 2.75. The van der Waals surface area contributed by atoms with Gasteiger partial charge in [0.15, 0.2) is 0 Å². The molecule has 0 spiro atoms. The molecule has 0 bridgehead atoms. The van der Waals surface area contributed by atoms with Crippen molar-refractivity contribution in [1.29, 1.82) is 0 Å². The van der Waals surface area contributed by atoms with Gasteiger partial charge in [0, 0.05) is 32.7 Å². The van der Waals surface area contributed by atoms with Crippen LogP contribution in [0.25, 0.3) is 0 Å². The summed E-state index contributed by atoms with van der Waals surface area (Å²) in [5, 5.41) is 0. The van der Waals surface area contributed by atoms with Gasteiger partial charge in [0.05, 0.1) is 4.99 Å². The first kappa shape index (κ1) is 12.9. The molecule has 0 heterocycles. The van der Waals surface area contributed by atoms with Crippen LogP contribution in [0.2, 0.25) is 0 Å². The van der Waals surface area contributed by atoms with Crippen LogP contribution >= 0.6 is 12.2 Å². The Morgan fingerprint density at radius 3 is 2.67 bits per heavy atom. The van der Waals surface area contributed by atoms with Crippen LogP contribution in [0.4, 0.5) is 0 Å². The van der Waals surface area contributed by atoms with Crippen molar-refractivity contribution in [3.63, 3.8) is 0 Å². The monoisotopic (exact) mass is 230 g/mol. The molecule has 0 amide bonds. The lowest BCUT2D eigenvalue weighted by atomic mass is 10.2. The summed E-state index contributed by atoms with van der Waals surface area (Å²) >= 11 is 4.91. The number of thiocarbonyl (C=S) groups is 1. The summed E-state index contributed by atoms with van der Waals surface area (Å²) in [5.41, 5.74) is 5.52. The van der Waals surface area contributed by atoms with E-state index in [-0.39, 0.29) is 0 Å². The quantitative estimate of drug-likeness (QED) is 0.482. The second-order valence-corrected chi connectivity index (χ2v) is 4.71. The summed E-state index contributed by atoms with van der Waals surface area (Å²) in [4.78, 5) is 3.16. The third-order valence-corrected chi connectivity index (χ3v) is 2.96. The fourth-order valence-corrected chi connectivity index (χ4v) is 1.82. The number of hydrogen-bond acceptors (Lipinski definition) is 3. The van der Waals surface area contributed by atoms with E-state index in [1.54, 1.807) is 7.11 Å². The standard InChI is InChI=1S/C11H22N2OS/c1-14-9-3-2-7-13(10-4-5-10)8-6-11(12)15/h10H,2-9H2,1H3,(H2,12,15). The van der Waals surface area contributed by atoms with E-state index in [1.165, 1.54) is 19.3 Å². The normalized spacial score (nSPS) is 15.9. The lowest BCUT2D eigenvalue weighted by molar-refractivity contribution is 0.183. The Kier molecular flexibility index (Phi) is 6.13. The Bertz CT molecular complexity index is 195. The van der Waals surface area contributed by atoms with Gasteiger partial charge in [0.2, 0.25) is 0 Å². The summed E-state index contributed by atoms with van der Waals surface area (Å²) in [5.74, 6) is 0. The summed E-state index contributed by atoms with van der Waals surface area (Å²) in [6.45, 7) is 3.07. The Morgan fingerprint density at radius 1 is 1.40 bits per heavy atom. The van der Waals surface area contributed by atoms with Gasteiger partial charge in [-0.15, -0.1) is 0 Å². The molecule has 0 atom stereocenters. The molecular weight excluding hydrogens is 208 g/mol. The zero-order chi connectivity index (χ0) is 11.1. The van der Waals surface area contributed by atoms with E-state index in [0.29, 0.717) is 4.99 Å². The number of rotatable bonds is 9. The van der Waals surface area contributed by atoms with Crippen LogP contribution in [0.1, 0.15) is 32.1 Å². The fraction of sp³-hybridized carbons (Fsp3) is 0.909. The average Bonchev–Trinajstić information content (AvgIpc) is 3.00. The first-order chi connectivity index (χ1) is 7.24. The van der Waals surface area contributed by atoms with Gasteiger partial charge in [-0.3, -0.25) is 4.90 Å². The topological polar surface area (TPSA) is 38.5 Å². The van der Waals surface area contributed by atoms with Gasteiger partial charge in [-0.05, 0) is 32.2 Å². The summed E-state index contributed by atoms with van der Waals surface area (Å²) < 4.78 is 5.04. The van der Waals surface area contributed by atoms with Crippen LogP contribution in [-0.4, -0.2) is 42.7 Å². The van der Waals surface area contributed by atoms with Crippen LogP contribution < -0.4 is 5.73 Å². The molecule has 0 aliphatic heterocycles. The lowest BCUT2D eigenvalue weighted by Gasteiger charge is -2.21. The van der Waals surface area contributed by atoms with Gasteiger partial charge in [-0.2, -0.15) is 0 Å². The van der Waals surface area contributed by atoms with E-state index in [4.69, 9.17) is 22.7 Å². The number of nitrogens with two attached hydrogens (primary N) is 1. The molecule has 88 valence electrons. The van der Waals surface area contributed by atoms with Crippen molar-refractivity contribution in [3.05, 3.63) is 0 Å². The van der Waals surface area contributed by atoms with Crippen molar-refractivity contribution in [2.24, 2.45) is 5.73 Å². The molecule has 0 radical (unpaired) electrons. The second kappa shape index (κ2) is 7.14. The van der Waals surface area contributed by atoms with Gasteiger partial charge in [0.1, 0.15) is 0 Å². The maximum Gasteiger partial charge on any atom is 0.0740 e. The molecule has 0 aromatic rings. The highest BCUT2D eigenvalue weighted by Crippen LogP contribution is 2.27. The van der Waals surface area contributed by atoms with Crippen molar-refractivity contribution >= 4 is 17.2 Å². The first-order valence-electron chi connectivity index (χ1n) is 5.75. The predicted octanol–water partition coefficient (Wildman–Crippen LogP) is 1.55. The summed E-state index contributed by atoms with van der Waals surface area (Å²) in [7, 11) is 1.76. The fourth-order valence-electron chi connectivity index (χ4n) is 1.73.